The molecule has 0 atom stereocenters. The minimum absolute atomic E-state index is 0.0675. The lowest BCUT2D eigenvalue weighted by atomic mass is 10.1. The Labute approximate surface area is 210 Å². The van der Waals surface area contributed by atoms with Gasteiger partial charge in [-0.1, -0.05) is 50.5 Å². The van der Waals surface area contributed by atoms with Gasteiger partial charge in [-0.2, -0.15) is 0 Å². The lowest BCUT2D eigenvalue weighted by Gasteiger charge is -2.10. The molecular formula is C27H25F5O3S. The largest absolute Gasteiger partial charge is 0.489 e. The Morgan fingerprint density at radius 2 is 1.33 bits per heavy atom. The molecule has 0 aromatic heterocycles. The van der Waals surface area contributed by atoms with Crippen molar-refractivity contribution in [2.75, 3.05) is 0 Å². The molecule has 3 nitrogen and oxygen atoms in total. The third kappa shape index (κ3) is 7.22. The zero-order chi connectivity index (χ0) is 26.1. The van der Waals surface area contributed by atoms with Gasteiger partial charge in [-0.15, -0.1) is 0 Å². The van der Waals surface area contributed by atoms with Crippen LogP contribution in [0.1, 0.15) is 59.7 Å². The average molecular weight is 525 g/mol. The van der Waals surface area contributed by atoms with Crippen molar-refractivity contribution in [1.29, 1.82) is 0 Å². The maximum absolute atomic E-state index is 13.7. The molecule has 3 aromatic rings. The van der Waals surface area contributed by atoms with E-state index < -0.39 is 47.2 Å². The summed E-state index contributed by atoms with van der Waals surface area (Å²) in [7, 11) is 0. The molecule has 192 valence electrons. The molecule has 0 saturated heterocycles. The summed E-state index contributed by atoms with van der Waals surface area (Å²) in [6.45, 7) is 1.30. The first-order valence-corrected chi connectivity index (χ1v) is 12.4. The van der Waals surface area contributed by atoms with Crippen LogP contribution >= 0.6 is 12.0 Å². The second-order valence-electron chi connectivity index (χ2n) is 8.12. The summed E-state index contributed by atoms with van der Waals surface area (Å²) in [6, 6.07) is 13.6. The van der Waals surface area contributed by atoms with E-state index in [1.165, 1.54) is 55.5 Å². The fourth-order valence-electron chi connectivity index (χ4n) is 3.38. The molecule has 0 aliphatic heterocycles. The lowest BCUT2D eigenvalue weighted by Crippen LogP contribution is -2.10. The molecule has 0 unspecified atom stereocenters. The van der Waals surface area contributed by atoms with Gasteiger partial charge in [-0.05, 0) is 48.2 Å². The topological polar surface area (TPSA) is 35.5 Å². The van der Waals surface area contributed by atoms with Crippen LogP contribution in [0, 0.1) is 29.1 Å². The molecule has 36 heavy (non-hydrogen) atoms. The van der Waals surface area contributed by atoms with Gasteiger partial charge in [0, 0.05) is 0 Å². The van der Waals surface area contributed by atoms with Gasteiger partial charge >= 0.3 is 5.97 Å². The SMILES string of the molecule is CCCCCCc1ccc(CSOC(=O)c2ccc(OCc3c(F)c(F)c(F)c(F)c3F)cc2)cc1. The highest BCUT2D eigenvalue weighted by atomic mass is 32.2. The van der Waals surface area contributed by atoms with Crippen molar-refractivity contribution in [2.45, 2.75) is 51.4 Å². The molecule has 0 amide bonds. The Morgan fingerprint density at radius 3 is 1.94 bits per heavy atom. The van der Waals surface area contributed by atoms with E-state index in [2.05, 4.69) is 19.1 Å². The number of benzene rings is 3. The Hall–Kier alpha value is -3.07. The van der Waals surface area contributed by atoms with E-state index in [9.17, 15) is 26.7 Å². The Kier molecular flexibility index (Phi) is 10.2. The summed E-state index contributed by atoms with van der Waals surface area (Å²) in [6.07, 6.45) is 5.89. The summed E-state index contributed by atoms with van der Waals surface area (Å²) in [5, 5.41) is 0. The molecule has 3 aromatic carbocycles. The molecule has 0 bridgehead atoms. The van der Waals surface area contributed by atoms with Crippen molar-refractivity contribution in [1.82, 2.24) is 0 Å². The number of carbonyl (C=O) groups excluding carboxylic acids is 1. The van der Waals surface area contributed by atoms with Crippen LogP contribution in [0.25, 0.3) is 0 Å². The van der Waals surface area contributed by atoms with Crippen molar-refractivity contribution < 1.29 is 35.7 Å². The molecule has 0 saturated carbocycles. The van der Waals surface area contributed by atoms with Crippen molar-refractivity contribution in [3.63, 3.8) is 0 Å². The zero-order valence-electron chi connectivity index (χ0n) is 19.6. The van der Waals surface area contributed by atoms with E-state index in [4.69, 9.17) is 8.92 Å². The molecule has 0 N–H and O–H groups in total. The van der Waals surface area contributed by atoms with E-state index in [1.807, 2.05) is 12.1 Å². The second kappa shape index (κ2) is 13.3. The van der Waals surface area contributed by atoms with Crippen LogP contribution < -0.4 is 4.74 Å². The van der Waals surface area contributed by atoms with Crippen molar-refractivity contribution >= 4 is 18.0 Å². The van der Waals surface area contributed by atoms with Crippen LogP contribution in [0.5, 0.6) is 5.75 Å². The van der Waals surface area contributed by atoms with E-state index in [-0.39, 0.29) is 11.3 Å². The van der Waals surface area contributed by atoms with Crippen LogP contribution in [-0.4, -0.2) is 5.97 Å². The van der Waals surface area contributed by atoms with Crippen LogP contribution in [0.2, 0.25) is 0 Å². The van der Waals surface area contributed by atoms with E-state index in [0.717, 1.165) is 24.0 Å². The Morgan fingerprint density at radius 1 is 0.750 bits per heavy atom. The molecule has 0 heterocycles. The highest BCUT2D eigenvalue weighted by molar-refractivity contribution is 7.94. The minimum Gasteiger partial charge on any atom is -0.489 e. The first-order chi connectivity index (χ1) is 17.3. The van der Waals surface area contributed by atoms with Gasteiger partial charge in [-0.25, -0.2) is 26.7 Å². The van der Waals surface area contributed by atoms with Gasteiger partial charge in [0.25, 0.3) is 0 Å². The summed E-state index contributed by atoms with van der Waals surface area (Å²) in [5.74, 6) is -10.3. The number of aryl methyl sites for hydroxylation is 1. The lowest BCUT2D eigenvalue weighted by molar-refractivity contribution is 0.0768. The number of hydrogen-bond acceptors (Lipinski definition) is 4. The van der Waals surface area contributed by atoms with Crippen LogP contribution in [0.4, 0.5) is 22.0 Å². The average Bonchev–Trinajstić information content (AvgIpc) is 2.90. The Bertz CT molecular complexity index is 1140. The number of rotatable bonds is 12. The molecule has 0 fully saturated rings. The predicted octanol–water partition coefficient (Wildman–Crippen LogP) is 8.09. The van der Waals surface area contributed by atoms with Gasteiger partial charge in [0.15, 0.2) is 23.3 Å². The predicted molar refractivity (Wildman–Crippen MR) is 128 cm³/mol. The smallest absolute Gasteiger partial charge is 0.350 e. The molecule has 3 rings (SSSR count). The number of halogens is 5. The molecule has 9 heteroatoms. The summed E-state index contributed by atoms with van der Waals surface area (Å²) in [5.41, 5.74) is 1.41. The third-order valence-corrected chi connectivity index (χ3v) is 6.20. The number of unbranched alkanes of at least 4 members (excludes halogenated alkanes) is 3. The normalized spacial score (nSPS) is 10.9. The molecular weight excluding hydrogens is 499 g/mol. The first kappa shape index (κ1) is 27.5. The zero-order valence-corrected chi connectivity index (χ0v) is 20.4. The molecule has 0 aliphatic rings. The highest BCUT2D eigenvalue weighted by Gasteiger charge is 2.26. The van der Waals surface area contributed by atoms with Crippen molar-refractivity contribution in [3.8, 4) is 5.75 Å². The van der Waals surface area contributed by atoms with Crippen LogP contribution in [-0.2, 0) is 23.0 Å². The van der Waals surface area contributed by atoms with Crippen molar-refractivity contribution in [2.24, 2.45) is 0 Å². The minimum atomic E-state index is -2.23. The van der Waals surface area contributed by atoms with Gasteiger partial charge in [0.2, 0.25) is 5.82 Å². The van der Waals surface area contributed by atoms with E-state index in [1.54, 1.807) is 0 Å². The second-order valence-corrected chi connectivity index (χ2v) is 8.81. The van der Waals surface area contributed by atoms with E-state index >= 15 is 0 Å². The van der Waals surface area contributed by atoms with Crippen LogP contribution in [0.3, 0.4) is 0 Å². The highest BCUT2D eigenvalue weighted by Crippen LogP contribution is 2.25. The maximum atomic E-state index is 13.7. The molecule has 0 aliphatic carbocycles. The van der Waals surface area contributed by atoms with Gasteiger partial charge in [0.1, 0.15) is 12.4 Å². The molecule has 0 spiro atoms. The summed E-state index contributed by atoms with van der Waals surface area (Å²) < 4.78 is 77.6. The quantitative estimate of drug-likeness (QED) is 0.0789. The first-order valence-electron chi connectivity index (χ1n) is 11.5. The van der Waals surface area contributed by atoms with Gasteiger partial charge in [-0.3, -0.25) is 0 Å². The number of carbonyl (C=O) groups is 1. The van der Waals surface area contributed by atoms with Crippen molar-refractivity contribution in [3.05, 3.63) is 99.9 Å². The monoisotopic (exact) mass is 524 g/mol. The van der Waals surface area contributed by atoms with Gasteiger partial charge < -0.3 is 8.92 Å². The fourth-order valence-corrected chi connectivity index (χ4v) is 3.97. The fraction of sp³-hybridized carbons (Fsp3) is 0.296. The van der Waals surface area contributed by atoms with E-state index in [0.29, 0.717) is 5.75 Å². The number of hydrogen-bond donors (Lipinski definition) is 0. The standard InChI is InChI=1S/C27H25F5O3S/c1-2-3-4-5-6-17-7-9-18(10-8-17)16-36-35-27(33)19-11-13-20(14-12-19)34-15-21-22(28)24(30)26(32)25(31)23(21)29/h7-14H,2-6,15-16H2,1H3. The number of ether oxygens (including phenoxy) is 1. The Balaban J connectivity index is 1.47. The molecule has 0 radical (unpaired) electrons. The summed E-state index contributed by atoms with van der Waals surface area (Å²) in [4.78, 5) is 12.2. The summed E-state index contributed by atoms with van der Waals surface area (Å²) >= 11 is 0.993. The maximum Gasteiger partial charge on any atom is 0.350 e. The van der Waals surface area contributed by atoms with Crippen LogP contribution in [0.15, 0.2) is 48.5 Å². The van der Waals surface area contributed by atoms with Gasteiger partial charge in [0.05, 0.1) is 28.9 Å². The third-order valence-electron chi connectivity index (χ3n) is 5.48.